The minimum atomic E-state index is -1.06. The van der Waals surface area contributed by atoms with Crippen molar-refractivity contribution in [2.45, 2.75) is 39.0 Å². The molecule has 0 fully saturated rings. The summed E-state index contributed by atoms with van der Waals surface area (Å²) in [5.41, 5.74) is 2.16. The molecule has 0 unspecified atom stereocenters. The fraction of sp³-hybridized carbons (Fsp3) is 0.583. The van der Waals surface area contributed by atoms with E-state index in [-0.39, 0.29) is 6.61 Å². The minimum absolute atomic E-state index is 0.0857. The Kier molecular flexibility index (Phi) is 4.28. The Bertz CT molecular complexity index is 550. The predicted molar refractivity (Wildman–Crippen MR) is 75.4 cm³/mol. The Balaban J connectivity index is 2.00. The molecule has 104 valence electrons. The molecular weight excluding hydrogens is 260 g/mol. The average Bonchev–Trinajstić information content (AvgIpc) is 2.76. The summed E-state index contributed by atoms with van der Waals surface area (Å²) in [5.74, 6) is 0. The fourth-order valence-electron chi connectivity index (χ4n) is 1.62. The summed E-state index contributed by atoms with van der Waals surface area (Å²) in [7, 11) is -1.06. The molecule has 0 radical (unpaired) electrons. The van der Waals surface area contributed by atoms with Gasteiger partial charge in [-0.05, 0) is 12.1 Å². The third-order valence-corrected chi connectivity index (χ3v) is 4.53. The molecule has 0 saturated heterocycles. The molecule has 0 aromatic carbocycles. The lowest BCUT2D eigenvalue weighted by Crippen LogP contribution is -2.22. The highest BCUT2D eigenvalue weighted by molar-refractivity contribution is 6.76. The number of ether oxygens (including phenoxy) is 1. The van der Waals surface area contributed by atoms with Gasteiger partial charge < -0.3 is 9.84 Å². The first-order valence-electron chi connectivity index (χ1n) is 6.36. The van der Waals surface area contributed by atoms with Crippen molar-refractivity contribution in [3.05, 3.63) is 18.0 Å². The average molecular weight is 280 g/mol. The van der Waals surface area contributed by atoms with Gasteiger partial charge in [0.25, 0.3) is 0 Å². The molecule has 0 saturated carbocycles. The standard InChI is InChI=1S/C12H20N4O2Si/c1-19(2,3)5-4-18-9-16-12-6-10(8-17)13-7-11(12)14-15-16/h6-7,17H,4-5,8-9H2,1-3H3. The number of rotatable bonds is 6. The Morgan fingerprint density at radius 2 is 2.16 bits per heavy atom. The topological polar surface area (TPSA) is 73.1 Å². The summed E-state index contributed by atoms with van der Waals surface area (Å²) in [6.45, 7) is 8.00. The SMILES string of the molecule is C[Si](C)(C)CCOCn1nnc2cnc(CO)cc21. The number of fused-ring (bicyclic) bond motifs is 1. The van der Waals surface area contributed by atoms with Crippen molar-refractivity contribution in [1.29, 1.82) is 0 Å². The van der Waals surface area contributed by atoms with E-state index in [4.69, 9.17) is 9.84 Å². The number of nitrogens with zero attached hydrogens (tertiary/aromatic N) is 4. The van der Waals surface area contributed by atoms with Crippen LogP contribution < -0.4 is 0 Å². The molecule has 0 bridgehead atoms. The van der Waals surface area contributed by atoms with E-state index in [0.717, 1.165) is 18.2 Å². The van der Waals surface area contributed by atoms with E-state index < -0.39 is 8.07 Å². The van der Waals surface area contributed by atoms with Gasteiger partial charge in [0.05, 0.1) is 24.0 Å². The van der Waals surface area contributed by atoms with Crippen LogP contribution in [0.15, 0.2) is 12.3 Å². The second kappa shape index (κ2) is 5.77. The maximum absolute atomic E-state index is 9.09. The summed E-state index contributed by atoms with van der Waals surface area (Å²) in [6, 6.07) is 2.92. The summed E-state index contributed by atoms with van der Waals surface area (Å²) < 4.78 is 7.34. The van der Waals surface area contributed by atoms with E-state index in [0.29, 0.717) is 17.9 Å². The number of aliphatic hydroxyl groups is 1. The van der Waals surface area contributed by atoms with Crippen LogP contribution in [0.4, 0.5) is 0 Å². The normalized spacial score (nSPS) is 12.2. The lowest BCUT2D eigenvalue weighted by Gasteiger charge is -2.15. The highest BCUT2D eigenvalue weighted by Gasteiger charge is 2.12. The molecule has 2 aromatic heterocycles. The molecule has 6 nitrogen and oxygen atoms in total. The van der Waals surface area contributed by atoms with Gasteiger partial charge in [-0.3, -0.25) is 4.98 Å². The molecule has 0 aliphatic rings. The maximum atomic E-state index is 9.09. The highest BCUT2D eigenvalue weighted by atomic mass is 28.3. The van der Waals surface area contributed by atoms with Crippen molar-refractivity contribution in [1.82, 2.24) is 20.0 Å². The molecule has 2 aromatic rings. The molecule has 7 heteroatoms. The van der Waals surface area contributed by atoms with Crippen LogP contribution in [0.25, 0.3) is 11.0 Å². The van der Waals surface area contributed by atoms with E-state index >= 15 is 0 Å². The third-order valence-electron chi connectivity index (χ3n) is 2.83. The van der Waals surface area contributed by atoms with Crippen LogP contribution in [0.5, 0.6) is 0 Å². The Morgan fingerprint density at radius 1 is 1.37 bits per heavy atom. The van der Waals surface area contributed by atoms with Gasteiger partial charge in [0.2, 0.25) is 0 Å². The van der Waals surface area contributed by atoms with E-state index in [2.05, 4.69) is 34.9 Å². The fourth-order valence-corrected chi connectivity index (χ4v) is 2.38. The summed E-state index contributed by atoms with van der Waals surface area (Å²) >= 11 is 0. The first-order valence-corrected chi connectivity index (χ1v) is 10.1. The van der Waals surface area contributed by atoms with Crippen LogP contribution in [0.3, 0.4) is 0 Å². The zero-order valence-corrected chi connectivity index (χ0v) is 12.6. The third kappa shape index (κ3) is 3.82. The van der Waals surface area contributed by atoms with E-state index in [1.54, 1.807) is 16.9 Å². The van der Waals surface area contributed by atoms with Crippen molar-refractivity contribution in [2.75, 3.05) is 6.61 Å². The smallest absolute Gasteiger partial charge is 0.141 e. The molecule has 0 aliphatic heterocycles. The van der Waals surface area contributed by atoms with Crippen LogP contribution in [0.1, 0.15) is 5.69 Å². The predicted octanol–water partition coefficient (Wildman–Crippen LogP) is 1.63. The number of aromatic nitrogens is 4. The second-order valence-corrected chi connectivity index (χ2v) is 11.4. The molecule has 0 spiro atoms. The van der Waals surface area contributed by atoms with Crippen molar-refractivity contribution in [2.24, 2.45) is 0 Å². The van der Waals surface area contributed by atoms with E-state index in [1.165, 1.54) is 0 Å². The van der Waals surface area contributed by atoms with Gasteiger partial charge in [-0.25, -0.2) is 4.68 Å². The zero-order chi connectivity index (χ0) is 13.9. The molecule has 2 heterocycles. The van der Waals surface area contributed by atoms with Gasteiger partial charge in [-0.1, -0.05) is 24.9 Å². The Morgan fingerprint density at radius 3 is 2.84 bits per heavy atom. The lowest BCUT2D eigenvalue weighted by atomic mass is 10.3. The minimum Gasteiger partial charge on any atom is -0.390 e. The van der Waals surface area contributed by atoms with Crippen molar-refractivity contribution in [3.8, 4) is 0 Å². The summed E-state index contributed by atoms with van der Waals surface area (Å²) in [4.78, 5) is 4.07. The van der Waals surface area contributed by atoms with Crippen LogP contribution in [-0.2, 0) is 18.1 Å². The van der Waals surface area contributed by atoms with E-state index in [9.17, 15) is 0 Å². The zero-order valence-electron chi connectivity index (χ0n) is 11.6. The molecule has 1 N–H and O–H groups in total. The molecule has 2 rings (SSSR count). The first-order chi connectivity index (χ1) is 8.99. The highest BCUT2D eigenvalue weighted by Crippen LogP contribution is 2.12. The Labute approximate surface area is 113 Å². The quantitative estimate of drug-likeness (QED) is 0.643. The number of aliphatic hydroxyl groups excluding tert-OH is 1. The lowest BCUT2D eigenvalue weighted by molar-refractivity contribution is 0.0802. The van der Waals surface area contributed by atoms with Gasteiger partial charge in [-0.15, -0.1) is 5.10 Å². The monoisotopic (exact) mass is 280 g/mol. The van der Waals surface area contributed by atoms with Crippen LogP contribution in [0, 0.1) is 0 Å². The number of hydrogen-bond acceptors (Lipinski definition) is 5. The molecule has 0 amide bonds. The molecule has 19 heavy (non-hydrogen) atoms. The van der Waals surface area contributed by atoms with Crippen molar-refractivity contribution < 1.29 is 9.84 Å². The van der Waals surface area contributed by atoms with Gasteiger partial charge in [0, 0.05) is 14.7 Å². The van der Waals surface area contributed by atoms with E-state index in [1.807, 2.05) is 0 Å². The van der Waals surface area contributed by atoms with Gasteiger partial charge >= 0.3 is 0 Å². The summed E-state index contributed by atoms with van der Waals surface area (Å²) in [6.07, 6.45) is 1.62. The van der Waals surface area contributed by atoms with Crippen molar-refractivity contribution in [3.63, 3.8) is 0 Å². The largest absolute Gasteiger partial charge is 0.390 e. The van der Waals surface area contributed by atoms with Crippen molar-refractivity contribution >= 4 is 19.1 Å². The molecule has 0 atom stereocenters. The first kappa shape index (κ1) is 14.1. The Hall–Kier alpha value is -1.31. The second-order valence-electron chi connectivity index (χ2n) is 5.76. The number of hydrogen-bond donors (Lipinski definition) is 1. The molecular formula is C12H20N4O2Si. The molecule has 0 aliphatic carbocycles. The van der Waals surface area contributed by atoms with Gasteiger partial charge in [0.1, 0.15) is 12.2 Å². The van der Waals surface area contributed by atoms with Crippen LogP contribution >= 0.6 is 0 Å². The van der Waals surface area contributed by atoms with Gasteiger partial charge in [0.15, 0.2) is 0 Å². The van der Waals surface area contributed by atoms with Gasteiger partial charge in [-0.2, -0.15) is 0 Å². The number of pyridine rings is 1. The van der Waals surface area contributed by atoms with Crippen LogP contribution in [-0.4, -0.2) is 39.8 Å². The van der Waals surface area contributed by atoms with Crippen LogP contribution in [0.2, 0.25) is 25.7 Å². The maximum Gasteiger partial charge on any atom is 0.141 e. The summed E-state index contributed by atoms with van der Waals surface area (Å²) in [5, 5.41) is 17.1.